The van der Waals surface area contributed by atoms with Crippen LogP contribution < -0.4 is 4.74 Å². The van der Waals surface area contributed by atoms with Gasteiger partial charge in [0.05, 0.1) is 6.61 Å². The van der Waals surface area contributed by atoms with Crippen molar-refractivity contribution in [3.05, 3.63) is 112 Å². The maximum atomic E-state index is 15.1. The molecule has 0 aliphatic carbocycles. The average Bonchev–Trinajstić information content (AvgIpc) is 2.86. The SMILES string of the molecule is CCCCOc1cc(F)c(CCc2ccc3c(F)c(CCc4cc(F)c(F)c(F)c4)ccc3c2)c(F)c1. The lowest BCUT2D eigenvalue weighted by Crippen LogP contribution is -2.03. The number of benzene rings is 4. The van der Waals surface area contributed by atoms with Crippen molar-refractivity contribution in [2.24, 2.45) is 0 Å². The Morgan fingerprint density at radius 2 is 1.30 bits per heavy atom. The molecule has 0 N–H and O–H groups in total. The van der Waals surface area contributed by atoms with E-state index in [4.69, 9.17) is 4.74 Å². The molecule has 0 radical (unpaired) electrons. The van der Waals surface area contributed by atoms with E-state index in [1.807, 2.05) is 6.92 Å². The zero-order valence-corrected chi connectivity index (χ0v) is 20.3. The molecule has 0 aliphatic rings. The maximum Gasteiger partial charge on any atom is 0.194 e. The zero-order valence-electron chi connectivity index (χ0n) is 20.3. The lowest BCUT2D eigenvalue weighted by atomic mass is 9.97. The van der Waals surface area contributed by atoms with Crippen LogP contribution in [0.2, 0.25) is 0 Å². The first kappa shape index (κ1) is 26.6. The van der Waals surface area contributed by atoms with E-state index in [0.29, 0.717) is 29.4 Å². The van der Waals surface area contributed by atoms with Crippen LogP contribution in [-0.2, 0) is 25.7 Å². The van der Waals surface area contributed by atoms with Crippen molar-refractivity contribution in [3.8, 4) is 5.75 Å². The summed E-state index contributed by atoms with van der Waals surface area (Å²) in [6.07, 6.45) is 2.50. The summed E-state index contributed by atoms with van der Waals surface area (Å²) in [5, 5.41) is 0.988. The highest BCUT2D eigenvalue weighted by Crippen LogP contribution is 2.26. The molecule has 0 aromatic heterocycles. The van der Waals surface area contributed by atoms with Crippen LogP contribution in [-0.4, -0.2) is 6.61 Å². The Kier molecular flexibility index (Phi) is 8.41. The Bertz CT molecular complexity index is 1370. The molecule has 194 valence electrons. The third-order valence-electron chi connectivity index (χ3n) is 6.37. The number of hydrogen-bond donors (Lipinski definition) is 0. The fraction of sp³-hybridized carbons (Fsp3) is 0.267. The molecule has 0 unspecified atom stereocenters. The molecule has 0 heterocycles. The molecule has 0 fully saturated rings. The van der Waals surface area contributed by atoms with Crippen molar-refractivity contribution in [3.63, 3.8) is 0 Å². The summed E-state index contributed by atoms with van der Waals surface area (Å²) in [6, 6.07) is 12.6. The van der Waals surface area contributed by atoms with Gasteiger partial charge in [-0.25, -0.2) is 26.3 Å². The molecule has 0 saturated carbocycles. The summed E-state index contributed by atoms with van der Waals surface area (Å²) in [7, 11) is 0. The Balaban J connectivity index is 1.44. The van der Waals surface area contributed by atoms with Gasteiger partial charge in [-0.3, -0.25) is 0 Å². The summed E-state index contributed by atoms with van der Waals surface area (Å²) >= 11 is 0. The van der Waals surface area contributed by atoms with Crippen LogP contribution in [0.1, 0.15) is 42.0 Å². The van der Waals surface area contributed by atoms with Crippen molar-refractivity contribution >= 4 is 10.8 Å². The Hall–Kier alpha value is -3.48. The van der Waals surface area contributed by atoms with Gasteiger partial charge in [-0.05, 0) is 66.3 Å². The lowest BCUT2D eigenvalue weighted by molar-refractivity contribution is 0.305. The third-order valence-corrected chi connectivity index (χ3v) is 6.37. The molecule has 0 saturated heterocycles. The fourth-order valence-corrected chi connectivity index (χ4v) is 4.27. The van der Waals surface area contributed by atoms with Gasteiger partial charge in [0, 0.05) is 23.1 Å². The van der Waals surface area contributed by atoms with E-state index in [9.17, 15) is 22.0 Å². The molecule has 7 heteroatoms. The minimum atomic E-state index is -1.53. The Morgan fingerprint density at radius 3 is 1.97 bits per heavy atom. The van der Waals surface area contributed by atoms with E-state index in [2.05, 4.69) is 0 Å². The summed E-state index contributed by atoms with van der Waals surface area (Å²) in [5.41, 5.74) is 1.35. The Morgan fingerprint density at radius 1 is 0.622 bits per heavy atom. The molecule has 0 bridgehead atoms. The number of rotatable bonds is 10. The molecular formula is C30H26F6O. The average molecular weight is 517 g/mol. The molecule has 1 nitrogen and oxygen atoms in total. The monoisotopic (exact) mass is 516 g/mol. The number of ether oxygens (including phenoxy) is 1. The van der Waals surface area contributed by atoms with Crippen LogP contribution in [0.5, 0.6) is 5.75 Å². The minimum absolute atomic E-state index is 0.0295. The van der Waals surface area contributed by atoms with Gasteiger partial charge in [0.25, 0.3) is 0 Å². The van der Waals surface area contributed by atoms with Crippen molar-refractivity contribution in [1.82, 2.24) is 0 Å². The van der Waals surface area contributed by atoms with Crippen LogP contribution >= 0.6 is 0 Å². The number of unbranched alkanes of at least 4 members (excludes halogenated alkanes) is 1. The smallest absolute Gasteiger partial charge is 0.194 e. The van der Waals surface area contributed by atoms with Gasteiger partial charge < -0.3 is 4.74 Å². The van der Waals surface area contributed by atoms with Gasteiger partial charge >= 0.3 is 0 Å². The maximum absolute atomic E-state index is 15.1. The first-order valence-corrected chi connectivity index (χ1v) is 12.2. The van der Waals surface area contributed by atoms with E-state index >= 15 is 4.39 Å². The highest BCUT2D eigenvalue weighted by Gasteiger charge is 2.15. The van der Waals surface area contributed by atoms with E-state index in [-0.39, 0.29) is 36.1 Å². The van der Waals surface area contributed by atoms with Gasteiger partial charge in [-0.15, -0.1) is 0 Å². The van der Waals surface area contributed by atoms with Gasteiger partial charge in [0.1, 0.15) is 23.2 Å². The molecule has 0 aliphatic heterocycles. The van der Waals surface area contributed by atoms with Crippen LogP contribution in [0.25, 0.3) is 10.8 Å². The zero-order chi connectivity index (χ0) is 26.5. The lowest BCUT2D eigenvalue weighted by Gasteiger charge is -2.11. The summed E-state index contributed by atoms with van der Waals surface area (Å²) in [6.45, 7) is 2.39. The van der Waals surface area contributed by atoms with Crippen molar-refractivity contribution in [2.45, 2.75) is 45.4 Å². The predicted molar refractivity (Wildman–Crippen MR) is 132 cm³/mol. The number of hydrogen-bond acceptors (Lipinski definition) is 1. The largest absolute Gasteiger partial charge is 0.493 e. The number of halogens is 6. The van der Waals surface area contributed by atoms with E-state index in [0.717, 1.165) is 30.5 Å². The molecule has 4 aromatic rings. The van der Waals surface area contributed by atoms with Crippen LogP contribution in [0, 0.1) is 34.9 Å². The van der Waals surface area contributed by atoms with Crippen LogP contribution in [0.15, 0.2) is 54.6 Å². The van der Waals surface area contributed by atoms with E-state index in [1.165, 1.54) is 12.1 Å². The normalized spacial score (nSPS) is 11.3. The molecular weight excluding hydrogens is 490 g/mol. The predicted octanol–water partition coefficient (Wildman–Crippen LogP) is 8.42. The van der Waals surface area contributed by atoms with Crippen LogP contribution in [0.4, 0.5) is 26.3 Å². The van der Waals surface area contributed by atoms with E-state index in [1.54, 1.807) is 30.3 Å². The quantitative estimate of drug-likeness (QED) is 0.117. The van der Waals surface area contributed by atoms with Gasteiger partial charge in [-0.2, -0.15) is 0 Å². The van der Waals surface area contributed by atoms with E-state index < -0.39 is 34.9 Å². The van der Waals surface area contributed by atoms with Crippen molar-refractivity contribution in [1.29, 1.82) is 0 Å². The topological polar surface area (TPSA) is 9.23 Å². The molecule has 4 rings (SSSR count). The van der Waals surface area contributed by atoms with Gasteiger partial charge in [0.2, 0.25) is 0 Å². The first-order valence-electron chi connectivity index (χ1n) is 12.2. The Labute approximate surface area is 211 Å². The van der Waals surface area contributed by atoms with Crippen molar-refractivity contribution in [2.75, 3.05) is 6.61 Å². The molecule has 4 aromatic carbocycles. The minimum Gasteiger partial charge on any atom is -0.493 e. The van der Waals surface area contributed by atoms with Crippen LogP contribution in [0.3, 0.4) is 0 Å². The fourth-order valence-electron chi connectivity index (χ4n) is 4.27. The number of aryl methyl sites for hydroxylation is 3. The molecule has 37 heavy (non-hydrogen) atoms. The molecule has 0 atom stereocenters. The second kappa shape index (κ2) is 11.7. The summed E-state index contributed by atoms with van der Waals surface area (Å²) in [4.78, 5) is 0. The van der Waals surface area contributed by atoms with Gasteiger partial charge in [-0.1, -0.05) is 43.7 Å². The molecule has 0 spiro atoms. The second-order valence-corrected chi connectivity index (χ2v) is 9.04. The van der Waals surface area contributed by atoms with Gasteiger partial charge in [0.15, 0.2) is 17.5 Å². The third kappa shape index (κ3) is 6.27. The first-order chi connectivity index (χ1) is 17.8. The number of fused-ring (bicyclic) bond motifs is 1. The highest BCUT2D eigenvalue weighted by atomic mass is 19.2. The highest BCUT2D eigenvalue weighted by molar-refractivity contribution is 5.84. The summed E-state index contributed by atoms with van der Waals surface area (Å²) < 4.78 is 89.5. The molecule has 0 amide bonds. The second-order valence-electron chi connectivity index (χ2n) is 9.04. The van der Waals surface area contributed by atoms with Crippen molar-refractivity contribution < 1.29 is 31.1 Å². The standard InChI is InChI=1S/C30H26F6O/c1-2-3-12-37-22-16-25(31)24(26(32)17-22)11-6-18-5-10-23-21(13-18)9-8-20(29(23)35)7-4-19-14-27(33)30(36)28(34)15-19/h5,8-10,13-17H,2-4,6-7,11-12H2,1H3. The summed E-state index contributed by atoms with van der Waals surface area (Å²) in [5.74, 6) is -5.71.